The van der Waals surface area contributed by atoms with E-state index in [0.717, 1.165) is 12.0 Å². The first-order valence-electron chi connectivity index (χ1n) is 9.85. The van der Waals surface area contributed by atoms with Gasteiger partial charge in [-0.15, -0.1) is 0 Å². The van der Waals surface area contributed by atoms with Gasteiger partial charge in [0.25, 0.3) is 0 Å². The van der Waals surface area contributed by atoms with Gasteiger partial charge in [0.1, 0.15) is 0 Å². The highest BCUT2D eigenvalue weighted by Crippen LogP contribution is 2.33. The molecule has 5 nitrogen and oxygen atoms in total. The van der Waals surface area contributed by atoms with Gasteiger partial charge in [-0.2, -0.15) is 0 Å². The Morgan fingerprint density at radius 2 is 1.36 bits per heavy atom. The molecule has 2 aromatic carbocycles. The molecular formula is C22H26N2O3S. The zero-order chi connectivity index (χ0) is 19.6. The molecule has 28 heavy (non-hydrogen) atoms. The molecule has 0 saturated carbocycles. The monoisotopic (exact) mass is 398 g/mol. The minimum Gasteiger partial charge on any atom is -0.342 e. The van der Waals surface area contributed by atoms with Crippen LogP contribution in [0.5, 0.6) is 0 Å². The zero-order valence-corrected chi connectivity index (χ0v) is 16.7. The lowest BCUT2D eigenvalue weighted by Gasteiger charge is -2.21. The van der Waals surface area contributed by atoms with Gasteiger partial charge in [-0.1, -0.05) is 60.7 Å². The average molecular weight is 399 g/mol. The van der Waals surface area contributed by atoms with Crippen LogP contribution < -0.4 is 0 Å². The van der Waals surface area contributed by atoms with Crippen LogP contribution in [0.2, 0.25) is 0 Å². The van der Waals surface area contributed by atoms with Crippen LogP contribution in [-0.4, -0.2) is 49.7 Å². The number of aryl methyl sites for hydroxylation is 1. The minimum absolute atomic E-state index is 0.0486. The normalized spacial score (nSPS) is 22.4. The van der Waals surface area contributed by atoms with Crippen molar-refractivity contribution in [2.45, 2.75) is 18.6 Å². The Morgan fingerprint density at radius 3 is 1.93 bits per heavy atom. The van der Waals surface area contributed by atoms with Crippen LogP contribution >= 0.6 is 0 Å². The van der Waals surface area contributed by atoms with Crippen LogP contribution in [0.1, 0.15) is 17.5 Å². The maximum absolute atomic E-state index is 12.8. The van der Waals surface area contributed by atoms with E-state index in [9.17, 15) is 13.2 Å². The number of sulfonamides is 1. The summed E-state index contributed by atoms with van der Waals surface area (Å²) in [5.41, 5.74) is 1.99. The summed E-state index contributed by atoms with van der Waals surface area (Å²) in [6.45, 7) is 2.41. The van der Waals surface area contributed by atoms with E-state index in [2.05, 4.69) is 0 Å². The number of carbonyl (C=O) groups excluding carboxylic acids is 1. The van der Waals surface area contributed by atoms with Crippen LogP contribution in [0.4, 0.5) is 0 Å². The van der Waals surface area contributed by atoms with Crippen LogP contribution in [0, 0.1) is 11.8 Å². The van der Waals surface area contributed by atoms with Gasteiger partial charge in [0.05, 0.1) is 5.75 Å². The molecule has 148 valence electrons. The molecule has 1 amide bonds. The van der Waals surface area contributed by atoms with Gasteiger partial charge in [-0.25, -0.2) is 12.7 Å². The van der Waals surface area contributed by atoms with Crippen molar-refractivity contribution in [3.8, 4) is 0 Å². The maximum atomic E-state index is 12.8. The molecule has 0 spiro atoms. The molecule has 2 aliphatic heterocycles. The lowest BCUT2D eigenvalue weighted by atomic mass is 10.0. The molecule has 0 aromatic heterocycles. The van der Waals surface area contributed by atoms with E-state index in [4.69, 9.17) is 0 Å². The van der Waals surface area contributed by atoms with Crippen molar-refractivity contribution in [3.63, 3.8) is 0 Å². The molecule has 2 atom stereocenters. The van der Waals surface area contributed by atoms with Crippen molar-refractivity contribution < 1.29 is 13.2 Å². The van der Waals surface area contributed by atoms with E-state index in [-0.39, 0.29) is 23.5 Å². The largest absolute Gasteiger partial charge is 0.342 e. The molecular weight excluding hydrogens is 372 g/mol. The van der Waals surface area contributed by atoms with E-state index in [1.54, 1.807) is 4.31 Å². The van der Waals surface area contributed by atoms with Gasteiger partial charge in [0, 0.05) is 32.6 Å². The molecule has 4 rings (SSSR count). The number of nitrogens with zero attached hydrogens (tertiary/aromatic N) is 2. The summed E-state index contributed by atoms with van der Waals surface area (Å²) in [5.74, 6) is 0.738. The first kappa shape index (κ1) is 19.2. The lowest BCUT2D eigenvalue weighted by Crippen LogP contribution is -2.36. The second kappa shape index (κ2) is 8.05. The summed E-state index contributed by atoms with van der Waals surface area (Å²) in [4.78, 5) is 14.5. The van der Waals surface area contributed by atoms with Crippen LogP contribution in [-0.2, 0) is 27.0 Å². The Balaban J connectivity index is 1.30. The van der Waals surface area contributed by atoms with Crippen LogP contribution in [0.15, 0.2) is 60.7 Å². The SMILES string of the molecule is O=C(CCc1ccccc1)N1C[C@@H]2CN(S(=O)(=O)Cc3ccccc3)C[C@H]2C1. The van der Waals surface area contributed by atoms with E-state index in [0.29, 0.717) is 32.6 Å². The number of fused-ring (bicyclic) bond motifs is 1. The molecule has 0 bridgehead atoms. The first-order valence-corrected chi connectivity index (χ1v) is 11.5. The van der Waals surface area contributed by atoms with Gasteiger partial charge in [0.2, 0.25) is 15.9 Å². The third kappa shape index (κ3) is 4.28. The smallest absolute Gasteiger partial charge is 0.222 e. The second-order valence-electron chi connectivity index (χ2n) is 7.86. The highest BCUT2D eigenvalue weighted by Gasteiger charge is 2.44. The van der Waals surface area contributed by atoms with Crippen molar-refractivity contribution >= 4 is 15.9 Å². The van der Waals surface area contributed by atoms with Crippen molar-refractivity contribution in [1.29, 1.82) is 0 Å². The molecule has 2 saturated heterocycles. The number of hydrogen-bond donors (Lipinski definition) is 0. The molecule has 6 heteroatoms. The molecule has 2 aliphatic rings. The summed E-state index contributed by atoms with van der Waals surface area (Å²) in [7, 11) is -3.31. The third-order valence-electron chi connectivity index (χ3n) is 5.86. The van der Waals surface area contributed by atoms with Crippen molar-refractivity contribution in [2.24, 2.45) is 11.8 Å². The molecule has 0 aliphatic carbocycles. The van der Waals surface area contributed by atoms with Crippen LogP contribution in [0.3, 0.4) is 0 Å². The van der Waals surface area contributed by atoms with Gasteiger partial charge in [0.15, 0.2) is 0 Å². The fourth-order valence-corrected chi connectivity index (χ4v) is 5.94. The highest BCUT2D eigenvalue weighted by molar-refractivity contribution is 7.88. The Bertz CT molecular complexity index is 901. The van der Waals surface area contributed by atoms with Crippen molar-refractivity contribution in [1.82, 2.24) is 9.21 Å². The average Bonchev–Trinajstić information content (AvgIpc) is 3.27. The summed E-state index contributed by atoms with van der Waals surface area (Å²) in [5, 5.41) is 0. The fourth-order valence-electron chi connectivity index (χ4n) is 4.31. The summed E-state index contributed by atoms with van der Waals surface area (Å²) >= 11 is 0. The molecule has 0 radical (unpaired) electrons. The summed E-state index contributed by atoms with van der Waals surface area (Å²) in [6, 6.07) is 19.4. The predicted octanol–water partition coefficient (Wildman–Crippen LogP) is 2.54. The van der Waals surface area contributed by atoms with Crippen LogP contribution in [0.25, 0.3) is 0 Å². The van der Waals surface area contributed by atoms with Gasteiger partial charge in [-0.3, -0.25) is 4.79 Å². The number of carbonyl (C=O) groups is 1. The fraction of sp³-hybridized carbons (Fsp3) is 0.409. The molecule has 2 heterocycles. The number of amides is 1. The molecule has 2 fully saturated rings. The Labute approximate surface area is 167 Å². The molecule has 0 unspecified atom stereocenters. The minimum atomic E-state index is -3.31. The number of benzene rings is 2. The predicted molar refractivity (Wildman–Crippen MR) is 109 cm³/mol. The Kier molecular flexibility index (Phi) is 5.51. The Morgan fingerprint density at radius 1 is 0.821 bits per heavy atom. The van der Waals surface area contributed by atoms with E-state index in [1.165, 1.54) is 5.56 Å². The van der Waals surface area contributed by atoms with Crippen molar-refractivity contribution in [2.75, 3.05) is 26.2 Å². The van der Waals surface area contributed by atoms with Gasteiger partial charge >= 0.3 is 0 Å². The summed E-state index contributed by atoms with van der Waals surface area (Å²) in [6.07, 6.45) is 1.27. The van der Waals surface area contributed by atoms with E-state index >= 15 is 0 Å². The number of rotatable bonds is 6. The first-order chi connectivity index (χ1) is 13.5. The lowest BCUT2D eigenvalue weighted by molar-refractivity contribution is -0.130. The number of hydrogen-bond acceptors (Lipinski definition) is 3. The molecule has 0 N–H and O–H groups in total. The van der Waals surface area contributed by atoms with Gasteiger partial charge in [-0.05, 0) is 29.4 Å². The quantitative estimate of drug-likeness (QED) is 0.751. The standard InChI is InChI=1S/C22H26N2O3S/c25-22(12-11-18-7-3-1-4-8-18)23-13-20-15-24(16-21(20)14-23)28(26,27)17-19-9-5-2-6-10-19/h1-10,20-21H,11-17H2/t20-,21-/m1/s1. The highest BCUT2D eigenvalue weighted by atomic mass is 32.2. The summed E-state index contributed by atoms with van der Waals surface area (Å²) < 4.78 is 27.1. The molecule has 2 aromatic rings. The second-order valence-corrected chi connectivity index (χ2v) is 9.83. The topological polar surface area (TPSA) is 57.7 Å². The Hall–Kier alpha value is -2.18. The third-order valence-corrected chi connectivity index (χ3v) is 7.64. The van der Waals surface area contributed by atoms with E-state index in [1.807, 2.05) is 65.6 Å². The number of likely N-dealkylation sites (tertiary alicyclic amines) is 1. The zero-order valence-electron chi connectivity index (χ0n) is 15.9. The van der Waals surface area contributed by atoms with E-state index < -0.39 is 10.0 Å². The maximum Gasteiger partial charge on any atom is 0.222 e. The van der Waals surface area contributed by atoms with Crippen molar-refractivity contribution in [3.05, 3.63) is 71.8 Å². The van der Waals surface area contributed by atoms with Gasteiger partial charge < -0.3 is 4.90 Å².